The van der Waals surface area contributed by atoms with Crippen LogP contribution in [0.1, 0.15) is 17.5 Å². The molecule has 4 aromatic rings. The maximum atomic E-state index is 12.8. The van der Waals surface area contributed by atoms with Gasteiger partial charge in [-0.25, -0.2) is 9.97 Å². The topological polar surface area (TPSA) is 90.9 Å². The summed E-state index contributed by atoms with van der Waals surface area (Å²) in [5.74, 6) is -0.565. The molecule has 0 fully saturated rings. The molecule has 3 aromatic heterocycles. The monoisotopic (exact) mass is 376 g/mol. The molecule has 6 nitrogen and oxygen atoms in total. The normalized spacial score (nSPS) is 13.3. The van der Waals surface area contributed by atoms with Crippen molar-refractivity contribution >= 4 is 37.7 Å². The SMILES string of the molecule is NC(=O)Cn1cnc2c(sc3nc(-c4ccccc4)c4c(c32)CCC4)c1=O. The lowest BCUT2D eigenvalue weighted by molar-refractivity contribution is -0.118. The maximum absolute atomic E-state index is 12.8. The van der Waals surface area contributed by atoms with Crippen molar-refractivity contribution < 1.29 is 4.79 Å². The van der Waals surface area contributed by atoms with Crippen molar-refractivity contribution in [1.29, 1.82) is 0 Å². The highest BCUT2D eigenvalue weighted by Gasteiger charge is 2.25. The van der Waals surface area contributed by atoms with E-state index in [9.17, 15) is 9.59 Å². The van der Waals surface area contributed by atoms with Crippen LogP contribution in [0.2, 0.25) is 0 Å². The Bertz CT molecular complexity index is 1270. The first-order valence-corrected chi connectivity index (χ1v) is 9.62. The van der Waals surface area contributed by atoms with Crippen LogP contribution in [-0.2, 0) is 24.2 Å². The van der Waals surface area contributed by atoms with Gasteiger partial charge in [0.25, 0.3) is 5.56 Å². The molecule has 27 heavy (non-hydrogen) atoms. The van der Waals surface area contributed by atoms with Crippen LogP contribution in [0.15, 0.2) is 41.5 Å². The lowest BCUT2D eigenvalue weighted by atomic mass is 10.0. The van der Waals surface area contributed by atoms with Crippen molar-refractivity contribution in [2.75, 3.05) is 0 Å². The fourth-order valence-corrected chi connectivity index (χ4v) is 5.01. The number of carbonyl (C=O) groups is 1. The number of carbonyl (C=O) groups excluding carboxylic acids is 1. The van der Waals surface area contributed by atoms with E-state index in [1.165, 1.54) is 33.4 Å². The van der Waals surface area contributed by atoms with E-state index < -0.39 is 5.91 Å². The van der Waals surface area contributed by atoms with Gasteiger partial charge in [-0.15, -0.1) is 11.3 Å². The number of pyridine rings is 1. The molecule has 1 aromatic carbocycles. The molecule has 0 saturated carbocycles. The second-order valence-electron chi connectivity index (χ2n) is 6.74. The molecule has 7 heteroatoms. The van der Waals surface area contributed by atoms with Gasteiger partial charge in [0.05, 0.1) is 17.5 Å². The van der Waals surface area contributed by atoms with Crippen molar-refractivity contribution in [3.8, 4) is 11.3 Å². The largest absolute Gasteiger partial charge is 0.368 e. The number of hydrogen-bond acceptors (Lipinski definition) is 5. The molecule has 0 saturated heterocycles. The third kappa shape index (κ3) is 2.46. The zero-order chi connectivity index (χ0) is 18.5. The van der Waals surface area contributed by atoms with E-state index >= 15 is 0 Å². The van der Waals surface area contributed by atoms with Gasteiger partial charge >= 0.3 is 0 Å². The lowest BCUT2D eigenvalue weighted by Gasteiger charge is -2.09. The summed E-state index contributed by atoms with van der Waals surface area (Å²) in [7, 11) is 0. The Hall–Kier alpha value is -3.06. The Balaban J connectivity index is 1.84. The molecular weight excluding hydrogens is 360 g/mol. The molecule has 134 valence electrons. The number of aromatic nitrogens is 3. The Morgan fingerprint density at radius 3 is 2.74 bits per heavy atom. The number of nitrogens with zero attached hydrogens (tertiary/aromatic N) is 3. The number of rotatable bonds is 3. The summed E-state index contributed by atoms with van der Waals surface area (Å²) in [5.41, 5.74) is 10.3. The van der Waals surface area contributed by atoms with Crippen molar-refractivity contribution in [3.05, 3.63) is 58.1 Å². The highest BCUT2D eigenvalue weighted by Crippen LogP contribution is 2.40. The van der Waals surface area contributed by atoms with Crippen LogP contribution in [0, 0.1) is 0 Å². The van der Waals surface area contributed by atoms with E-state index in [0.29, 0.717) is 10.2 Å². The standard InChI is InChI=1S/C20H16N4O2S/c21-14(25)9-24-10-22-17-15-12-7-4-8-13(12)16(11-5-2-1-3-6-11)23-19(15)27-18(17)20(24)26/h1-3,5-6,10H,4,7-9H2,(H2,21,25). The number of benzene rings is 1. The summed E-state index contributed by atoms with van der Waals surface area (Å²) >= 11 is 1.35. The zero-order valence-electron chi connectivity index (χ0n) is 14.4. The minimum atomic E-state index is -0.565. The van der Waals surface area contributed by atoms with Crippen LogP contribution in [-0.4, -0.2) is 20.4 Å². The highest BCUT2D eigenvalue weighted by molar-refractivity contribution is 7.25. The first kappa shape index (κ1) is 16.1. The molecule has 0 bridgehead atoms. The number of amides is 1. The van der Waals surface area contributed by atoms with Crippen LogP contribution in [0.5, 0.6) is 0 Å². The number of fused-ring (bicyclic) bond motifs is 5. The van der Waals surface area contributed by atoms with Crippen molar-refractivity contribution in [3.63, 3.8) is 0 Å². The van der Waals surface area contributed by atoms with Crippen LogP contribution in [0.4, 0.5) is 0 Å². The van der Waals surface area contributed by atoms with Crippen molar-refractivity contribution in [2.24, 2.45) is 5.73 Å². The van der Waals surface area contributed by atoms with Crippen LogP contribution in [0.25, 0.3) is 31.7 Å². The second-order valence-corrected chi connectivity index (χ2v) is 7.74. The van der Waals surface area contributed by atoms with E-state index in [1.54, 1.807) is 0 Å². The van der Waals surface area contributed by atoms with Crippen molar-refractivity contribution in [1.82, 2.24) is 14.5 Å². The van der Waals surface area contributed by atoms with Crippen LogP contribution >= 0.6 is 11.3 Å². The molecule has 0 unspecified atom stereocenters. The maximum Gasteiger partial charge on any atom is 0.271 e. The van der Waals surface area contributed by atoms with Gasteiger partial charge in [0.2, 0.25) is 5.91 Å². The van der Waals surface area contributed by atoms with Gasteiger partial charge in [-0.2, -0.15) is 0 Å². The van der Waals surface area contributed by atoms with Gasteiger partial charge in [0.1, 0.15) is 16.1 Å². The lowest BCUT2D eigenvalue weighted by Crippen LogP contribution is -2.27. The number of aryl methyl sites for hydroxylation is 1. The van der Waals surface area contributed by atoms with Gasteiger partial charge in [0.15, 0.2) is 0 Å². The molecule has 0 aliphatic heterocycles. The van der Waals surface area contributed by atoms with Gasteiger partial charge in [-0.1, -0.05) is 30.3 Å². The molecular formula is C20H16N4O2S. The molecule has 0 atom stereocenters. The van der Waals surface area contributed by atoms with E-state index in [0.717, 1.165) is 40.7 Å². The molecule has 0 spiro atoms. The predicted molar refractivity (Wildman–Crippen MR) is 106 cm³/mol. The van der Waals surface area contributed by atoms with Crippen LogP contribution in [0.3, 0.4) is 0 Å². The number of primary amides is 1. The smallest absolute Gasteiger partial charge is 0.271 e. The molecule has 1 aliphatic rings. The average Bonchev–Trinajstić information content (AvgIpc) is 3.28. The Morgan fingerprint density at radius 2 is 1.96 bits per heavy atom. The van der Waals surface area contributed by atoms with E-state index in [4.69, 9.17) is 10.7 Å². The fourth-order valence-electron chi connectivity index (χ4n) is 3.91. The van der Waals surface area contributed by atoms with E-state index in [-0.39, 0.29) is 12.1 Å². The first-order valence-electron chi connectivity index (χ1n) is 8.80. The summed E-state index contributed by atoms with van der Waals surface area (Å²) in [6.07, 6.45) is 4.44. The molecule has 1 aliphatic carbocycles. The van der Waals surface area contributed by atoms with Gasteiger partial charge < -0.3 is 5.73 Å². The molecule has 3 heterocycles. The first-order chi connectivity index (χ1) is 13.1. The Kier molecular flexibility index (Phi) is 3.58. The summed E-state index contributed by atoms with van der Waals surface area (Å²) in [6, 6.07) is 10.2. The van der Waals surface area contributed by atoms with Crippen LogP contribution < -0.4 is 11.3 Å². The minimum absolute atomic E-state index is 0.170. The quantitative estimate of drug-likeness (QED) is 0.595. The summed E-state index contributed by atoms with van der Waals surface area (Å²) in [6.45, 7) is -0.170. The van der Waals surface area contributed by atoms with Gasteiger partial charge in [-0.05, 0) is 30.4 Å². The summed E-state index contributed by atoms with van der Waals surface area (Å²) in [5, 5.41) is 0.991. The Labute approximate surface area is 158 Å². The third-order valence-electron chi connectivity index (χ3n) is 5.04. The molecule has 0 radical (unpaired) electrons. The van der Waals surface area contributed by atoms with E-state index in [1.807, 2.05) is 18.2 Å². The number of thiophene rings is 1. The number of nitrogens with two attached hydrogens (primary N) is 1. The highest BCUT2D eigenvalue weighted by atomic mass is 32.1. The van der Waals surface area contributed by atoms with Gasteiger partial charge in [-0.3, -0.25) is 14.2 Å². The average molecular weight is 376 g/mol. The number of hydrogen-bond donors (Lipinski definition) is 1. The third-order valence-corrected chi connectivity index (χ3v) is 6.10. The Morgan fingerprint density at radius 1 is 1.19 bits per heavy atom. The molecule has 1 amide bonds. The molecule has 5 rings (SSSR count). The van der Waals surface area contributed by atoms with Gasteiger partial charge in [0, 0.05) is 10.9 Å². The fraction of sp³-hybridized carbons (Fsp3) is 0.200. The zero-order valence-corrected chi connectivity index (χ0v) is 15.3. The summed E-state index contributed by atoms with van der Waals surface area (Å²) in [4.78, 5) is 34.2. The minimum Gasteiger partial charge on any atom is -0.368 e. The molecule has 2 N–H and O–H groups in total. The predicted octanol–water partition coefficient (Wildman–Crippen LogP) is 2.65. The van der Waals surface area contributed by atoms with E-state index in [2.05, 4.69) is 17.1 Å². The summed E-state index contributed by atoms with van der Waals surface area (Å²) < 4.78 is 1.79. The second kappa shape index (κ2) is 5.99. The van der Waals surface area contributed by atoms with Crippen molar-refractivity contribution in [2.45, 2.75) is 25.8 Å².